The lowest BCUT2D eigenvalue weighted by Gasteiger charge is -2.28. The molecule has 282 valence electrons. The van der Waals surface area contributed by atoms with Gasteiger partial charge in [0.05, 0.1) is 11.2 Å². The molecule has 0 atom stereocenters. The van der Waals surface area contributed by atoms with Crippen LogP contribution in [0.3, 0.4) is 0 Å². The molecule has 0 radical (unpaired) electrons. The molecule has 0 unspecified atom stereocenters. The van der Waals surface area contributed by atoms with Gasteiger partial charge in [-0.25, -0.2) is 38.3 Å². The van der Waals surface area contributed by atoms with E-state index < -0.39 is 46.8 Å². The van der Waals surface area contributed by atoms with Crippen molar-refractivity contribution >= 4 is 58.5 Å². The number of aryl methyl sites for hydroxylation is 1. The van der Waals surface area contributed by atoms with Crippen molar-refractivity contribution in [1.82, 2.24) is 19.1 Å². The van der Waals surface area contributed by atoms with Crippen molar-refractivity contribution in [2.75, 3.05) is 4.90 Å². The smallest absolute Gasteiger partial charge is 0.425 e. The first-order valence-electron chi connectivity index (χ1n) is 16.9. The van der Waals surface area contributed by atoms with E-state index in [0.29, 0.717) is 27.9 Å². The highest BCUT2D eigenvalue weighted by atomic mass is 16.6. The normalized spacial score (nSPS) is 12.1. The number of para-hydroxylation sites is 1. The van der Waals surface area contributed by atoms with Gasteiger partial charge in [0.25, 0.3) is 0 Å². The van der Waals surface area contributed by atoms with Crippen LogP contribution in [0.5, 0.6) is 0 Å². The number of aromatic nitrogens is 4. The fourth-order valence-corrected chi connectivity index (χ4v) is 4.71. The van der Waals surface area contributed by atoms with E-state index in [1.165, 1.54) is 10.6 Å². The molecule has 0 aliphatic carbocycles. The van der Waals surface area contributed by atoms with Gasteiger partial charge in [-0.15, -0.1) is 0 Å². The fourth-order valence-electron chi connectivity index (χ4n) is 4.71. The van der Waals surface area contributed by atoms with Gasteiger partial charge in [0.1, 0.15) is 40.0 Å². The van der Waals surface area contributed by atoms with Gasteiger partial charge in [-0.3, -0.25) is 0 Å². The third kappa shape index (κ3) is 10.4. The molecule has 14 heteroatoms. The van der Waals surface area contributed by atoms with Crippen molar-refractivity contribution in [2.24, 2.45) is 0 Å². The van der Waals surface area contributed by atoms with Gasteiger partial charge in [-0.1, -0.05) is 25.1 Å². The van der Waals surface area contributed by atoms with Crippen molar-refractivity contribution < 1.29 is 42.9 Å². The summed E-state index contributed by atoms with van der Waals surface area (Å²) < 4.78 is 25.2. The number of ether oxygens (including phenoxy) is 4. The summed E-state index contributed by atoms with van der Waals surface area (Å²) in [6.45, 7) is 23.7. The number of benzene rings is 1. The Labute approximate surface area is 304 Å². The lowest BCUT2D eigenvalue weighted by Crippen LogP contribution is -2.44. The summed E-state index contributed by atoms with van der Waals surface area (Å²) in [5.41, 5.74) is -2.44. The molecule has 0 saturated carbocycles. The Morgan fingerprint density at radius 2 is 1.17 bits per heavy atom. The molecule has 2 amide bonds. The van der Waals surface area contributed by atoms with Gasteiger partial charge in [0, 0.05) is 17.4 Å². The summed E-state index contributed by atoms with van der Waals surface area (Å²) in [6.07, 6.45) is -2.08. The highest BCUT2D eigenvalue weighted by Gasteiger charge is 2.36. The molecule has 0 spiro atoms. The number of imidazole rings is 1. The number of fused-ring (bicyclic) bond motifs is 2. The molecule has 0 N–H and O–H groups in total. The van der Waals surface area contributed by atoms with Crippen LogP contribution in [0, 0.1) is 6.92 Å². The molecule has 1 aromatic carbocycles. The van der Waals surface area contributed by atoms with E-state index in [4.69, 9.17) is 18.9 Å². The summed E-state index contributed by atoms with van der Waals surface area (Å²) in [7, 11) is 0. The molecule has 4 rings (SSSR count). The number of hydrogen-bond donors (Lipinski definition) is 0. The van der Waals surface area contributed by atoms with E-state index in [-0.39, 0.29) is 28.4 Å². The Morgan fingerprint density at radius 1 is 0.712 bits per heavy atom. The van der Waals surface area contributed by atoms with Crippen LogP contribution in [0.15, 0.2) is 36.4 Å². The van der Waals surface area contributed by atoms with Crippen molar-refractivity contribution in [3.05, 3.63) is 42.2 Å². The number of pyridine rings is 1. The SMILES string of the molecule is CCC=O.Cc1nc2c(-c3cc4ccccc4n3C(=O)OC(C)(C)C)cc(N(C(=O)OC(C)(C)C)C(=O)OC(C)(C)C)nc2n1C(=O)OC(C)(C)C. The van der Waals surface area contributed by atoms with Crippen LogP contribution in [0.1, 0.15) is 102 Å². The van der Waals surface area contributed by atoms with Gasteiger partial charge in [0.2, 0.25) is 0 Å². The molecule has 0 aliphatic heterocycles. The number of anilines is 1. The second kappa shape index (κ2) is 15.1. The van der Waals surface area contributed by atoms with Gasteiger partial charge in [-0.2, -0.15) is 4.90 Å². The van der Waals surface area contributed by atoms with Gasteiger partial charge < -0.3 is 23.7 Å². The van der Waals surface area contributed by atoms with Crippen LogP contribution in [0.25, 0.3) is 33.3 Å². The molecule has 52 heavy (non-hydrogen) atoms. The summed E-state index contributed by atoms with van der Waals surface area (Å²) in [5, 5.41) is 0.698. The topological polar surface area (TPSA) is 161 Å². The van der Waals surface area contributed by atoms with Crippen molar-refractivity contribution in [2.45, 2.75) is 126 Å². The molecule has 0 fully saturated rings. The average molecular weight is 722 g/mol. The third-order valence-corrected chi connectivity index (χ3v) is 6.46. The predicted molar refractivity (Wildman–Crippen MR) is 198 cm³/mol. The number of aldehydes is 1. The van der Waals surface area contributed by atoms with Crippen LogP contribution in [0.2, 0.25) is 0 Å². The molecule has 3 aromatic heterocycles. The lowest BCUT2D eigenvalue weighted by atomic mass is 10.1. The number of nitrogens with zero attached hydrogens (tertiary/aromatic N) is 5. The third-order valence-electron chi connectivity index (χ3n) is 6.46. The van der Waals surface area contributed by atoms with Crippen LogP contribution in [0.4, 0.5) is 25.0 Å². The maximum atomic E-state index is 13.8. The molecule has 0 aliphatic rings. The first-order chi connectivity index (χ1) is 23.8. The number of hydrogen-bond acceptors (Lipinski definition) is 11. The van der Waals surface area contributed by atoms with Crippen LogP contribution in [-0.2, 0) is 23.7 Å². The summed E-state index contributed by atoms with van der Waals surface area (Å²) in [6, 6.07) is 10.4. The standard InChI is InChI=1S/C35H45N5O8.C3H6O/c1-20-36-26-22(24-18-21-16-14-15-17-23(21)39(24)29(42)46-33(5,6)7)19-25(37-27(26)38(20)28(41)45-32(2,3)4)40(30(43)47-34(8,9)10)31(44)48-35(11,12)13;1-2-3-4/h14-19H,1-13H3;3H,2H2,1H3. The zero-order chi connectivity index (χ0) is 39.6. The minimum absolute atomic E-state index is 0.0348. The number of imide groups is 1. The minimum atomic E-state index is -1.07. The number of rotatable bonds is 3. The van der Waals surface area contributed by atoms with E-state index in [0.717, 1.165) is 10.9 Å². The fraction of sp³-hybridized carbons (Fsp3) is 0.500. The highest BCUT2D eigenvalue weighted by molar-refractivity contribution is 6.11. The Balaban J connectivity index is 0.00000173. The molecule has 0 saturated heterocycles. The van der Waals surface area contributed by atoms with Gasteiger partial charge in [0.15, 0.2) is 11.5 Å². The molecule has 4 aromatic rings. The molecule has 0 bridgehead atoms. The summed E-state index contributed by atoms with van der Waals surface area (Å²) in [4.78, 5) is 74.0. The van der Waals surface area contributed by atoms with Gasteiger partial charge >= 0.3 is 24.4 Å². The zero-order valence-electron chi connectivity index (χ0n) is 32.7. The van der Waals surface area contributed by atoms with Crippen molar-refractivity contribution in [1.29, 1.82) is 0 Å². The van der Waals surface area contributed by atoms with Crippen LogP contribution < -0.4 is 4.90 Å². The van der Waals surface area contributed by atoms with Crippen LogP contribution in [-0.4, -0.2) is 72.2 Å². The second-order valence-electron chi connectivity index (χ2n) is 16.0. The zero-order valence-corrected chi connectivity index (χ0v) is 32.7. The Hall–Kier alpha value is -5.27. The number of carbonyl (C=O) groups is 5. The second-order valence-corrected chi connectivity index (χ2v) is 16.0. The Kier molecular flexibility index (Phi) is 12.0. The Morgan fingerprint density at radius 3 is 1.63 bits per heavy atom. The highest BCUT2D eigenvalue weighted by Crippen LogP contribution is 2.37. The quantitative estimate of drug-likeness (QED) is 0.146. The lowest BCUT2D eigenvalue weighted by molar-refractivity contribution is -0.107. The van der Waals surface area contributed by atoms with E-state index in [1.54, 1.807) is 108 Å². The van der Waals surface area contributed by atoms with Gasteiger partial charge in [-0.05, 0) is 108 Å². The van der Waals surface area contributed by atoms with E-state index >= 15 is 0 Å². The maximum Gasteiger partial charge on any atom is 0.425 e. The average Bonchev–Trinajstić information content (AvgIpc) is 3.50. The molecular formula is C38H51N5O9. The number of carbonyl (C=O) groups excluding carboxylic acids is 5. The largest absolute Gasteiger partial charge is 0.443 e. The van der Waals surface area contributed by atoms with E-state index in [9.17, 15) is 24.0 Å². The molecular weight excluding hydrogens is 670 g/mol. The summed E-state index contributed by atoms with van der Waals surface area (Å²) in [5.74, 6) is -0.0298. The van der Waals surface area contributed by atoms with Crippen molar-refractivity contribution in [3.63, 3.8) is 0 Å². The first kappa shape index (κ1) is 41.2. The van der Waals surface area contributed by atoms with E-state index in [2.05, 4.69) is 9.97 Å². The molecule has 14 nitrogen and oxygen atoms in total. The van der Waals surface area contributed by atoms with Crippen molar-refractivity contribution in [3.8, 4) is 11.3 Å². The van der Waals surface area contributed by atoms with E-state index in [1.807, 2.05) is 19.1 Å². The number of amides is 2. The monoisotopic (exact) mass is 721 g/mol. The van der Waals surface area contributed by atoms with Crippen LogP contribution >= 0.6 is 0 Å². The molecule has 3 heterocycles. The minimum Gasteiger partial charge on any atom is -0.443 e. The first-order valence-corrected chi connectivity index (χ1v) is 16.9. The summed E-state index contributed by atoms with van der Waals surface area (Å²) >= 11 is 0. The Bertz CT molecular complexity index is 1950. The predicted octanol–water partition coefficient (Wildman–Crippen LogP) is 9.20. The maximum absolute atomic E-state index is 13.8.